The van der Waals surface area contributed by atoms with Crippen LogP contribution in [0.15, 0.2) is 66.0 Å². The molecule has 1 N–H and O–H groups in total. The van der Waals surface area contributed by atoms with Gasteiger partial charge < -0.3 is 13.9 Å². The number of hydrogen-bond acceptors (Lipinski definition) is 3. The van der Waals surface area contributed by atoms with E-state index < -0.39 is 11.7 Å². The summed E-state index contributed by atoms with van der Waals surface area (Å²) in [5.41, 5.74) is 7.37. The summed E-state index contributed by atoms with van der Waals surface area (Å²) in [5, 5.41) is 6.80. The largest absolute Gasteiger partial charge is 0.443 e. The summed E-state index contributed by atoms with van der Waals surface area (Å²) >= 11 is 0. The quantitative estimate of drug-likeness (QED) is 0.333. The molecule has 0 bridgehead atoms. The van der Waals surface area contributed by atoms with Crippen LogP contribution in [0.3, 0.4) is 0 Å². The molecule has 0 aliphatic carbocycles. The summed E-state index contributed by atoms with van der Waals surface area (Å²) in [6.07, 6.45) is 3.75. The molecule has 0 atom stereocenters. The van der Waals surface area contributed by atoms with Crippen LogP contribution in [-0.4, -0.2) is 26.5 Å². The number of carbonyl (C=O) groups is 1. The second kappa shape index (κ2) is 8.19. The number of ether oxygens (including phenoxy) is 1. The maximum Gasteiger partial charge on any atom is 0.428 e. The number of carbonyl (C=O) groups excluding carboxylic acids is 1. The van der Waals surface area contributed by atoms with Gasteiger partial charge in [-0.15, -0.1) is 0 Å². The molecule has 32 heavy (non-hydrogen) atoms. The summed E-state index contributed by atoms with van der Waals surface area (Å²) in [7, 11) is 4.11. The van der Waals surface area contributed by atoms with Gasteiger partial charge in [0.05, 0.1) is 5.92 Å². The zero-order valence-electron chi connectivity index (χ0n) is 19.5. The zero-order valence-corrected chi connectivity index (χ0v) is 19.5. The Labute approximate surface area is 188 Å². The highest BCUT2D eigenvalue weighted by molar-refractivity contribution is 6.01. The van der Waals surface area contributed by atoms with Crippen molar-refractivity contribution >= 4 is 33.6 Å². The van der Waals surface area contributed by atoms with E-state index >= 15 is 0 Å². The Kier molecular flexibility index (Phi) is 5.55. The smallest absolute Gasteiger partial charge is 0.428 e. The predicted octanol–water partition coefficient (Wildman–Crippen LogP) is 5.70. The number of aromatic nitrogens is 2. The first-order valence-electron chi connectivity index (χ1n) is 10.8. The van der Waals surface area contributed by atoms with Crippen LogP contribution in [0.25, 0.3) is 21.8 Å². The summed E-state index contributed by atoms with van der Waals surface area (Å²) < 4.78 is 9.64. The van der Waals surface area contributed by atoms with E-state index in [4.69, 9.17) is 4.74 Å². The number of nitrogens with zero attached hydrogens (tertiary/aromatic N) is 3. The molecule has 0 aliphatic heterocycles. The second-order valence-electron chi connectivity index (χ2n) is 9.22. The Morgan fingerprint density at radius 2 is 1.38 bits per heavy atom. The predicted molar refractivity (Wildman–Crippen MR) is 130 cm³/mol. The molecule has 6 nitrogen and oxygen atoms in total. The minimum atomic E-state index is -0.585. The topological polar surface area (TPSA) is 60.5 Å². The molecule has 2 aromatic heterocycles. The zero-order chi connectivity index (χ0) is 23.0. The Balaban J connectivity index is 1.85. The number of para-hydroxylation sites is 2. The lowest BCUT2D eigenvalue weighted by molar-refractivity contribution is 0.0529. The average Bonchev–Trinajstić information content (AvgIpc) is 3.24. The minimum absolute atomic E-state index is 0.137. The molecule has 2 aromatic carbocycles. The maximum absolute atomic E-state index is 12.2. The Hall–Kier alpha value is -3.54. The van der Waals surface area contributed by atoms with Gasteiger partial charge in [0.2, 0.25) is 0 Å². The van der Waals surface area contributed by atoms with E-state index in [1.165, 1.54) is 10.8 Å². The molecule has 0 spiro atoms. The minimum Gasteiger partial charge on any atom is -0.443 e. The van der Waals surface area contributed by atoms with E-state index in [-0.39, 0.29) is 5.92 Å². The maximum atomic E-state index is 12.2. The van der Waals surface area contributed by atoms with Crippen LogP contribution in [0, 0.1) is 0 Å². The highest BCUT2D eigenvalue weighted by Crippen LogP contribution is 2.37. The van der Waals surface area contributed by atoms with Gasteiger partial charge in [0, 0.05) is 54.0 Å². The van der Waals surface area contributed by atoms with Gasteiger partial charge in [-0.05, 0) is 51.0 Å². The number of nitrogens with one attached hydrogen (secondary N) is 1. The van der Waals surface area contributed by atoms with Crippen LogP contribution >= 0.6 is 0 Å². The number of amides is 1. The van der Waals surface area contributed by atoms with E-state index in [9.17, 15) is 4.79 Å². The molecule has 6 heteroatoms. The van der Waals surface area contributed by atoms with Crippen molar-refractivity contribution in [2.75, 3.05) is 0 Å². The third-order valence-electron chi connectivity index (χ3n) is 5.62. The molecule has 0 aliphatic rings. The summed E-state index contributed by atoms with van der Waals surface area (Å²) in [6, 6.07) is 16.7. The molecule has 0 unspecified atom stereocenters. The van der Waals surface area contributed by atoms with Crippen molar-refractivity contribution in [3.05, 3.63) is 72.1 Å². The lowest BCUT2D eigenvalue weighted by atomic mass is 9.87. The average molecular weight is 431 g/mol. The van der Waals surface area contributed by atoms with E-state index in [1.807, 2.05) is 39.8 Å². The highest BCUT2D eigenvalue weighted by atomic mass is 16.6. The normalized spacial score (nSPS) is 12.7. The third-order valence-corrected chi connectivity index (χ3v) is 5.62. The van der Waals surface area contributed by atoms with Crippen LogP contribution in [0.2, 0.25) is 0 Å². The van der Waals surface area contributed by atoms with Gasteiger partial charge in [-0.2, -0.15) is 5.10 Å². The SMILES string of the molecule is C/C(=N/NC(=O)OC(C)(C)C)C(c1cn(C)c2ccccc12)c1cn(C)c2ccccc12. The molecular formula is C26H30N4O2. The van der Waals surface area contributed by atoms with E-state index in [1.54, 1.807) is 0 Å². The number of benzene rings is 2. The Morgan fingerprint density at radius 1 is 0.906 bits per heavy atom. The number of hydrazone groups is 1. The first-order chi connectivity index (χ1) is 15.2. The van der Waals surface area contributed by atoms with Crippen molar-refractivity contribution in [1.29, 1.82) is 0 Å². The van der Waals surface area contributed by atoms with E-state index in [0.717, 1.165) is 27.9 Å². The van der Waals surface area contributed by atoms with Crippen molar-refractivity contribution < 1.29 is 9.53 Å². The number of rotatable bonds is 4. The highest BCUT2D eigenvalue weighted by Gasteiger charge is 2.26. The monoisotopic (exact) mass is 430 g/mol. The van der Waals surface area contributed by atoms with Crippen LogP contribution in [0.5, 0.6) is 0 Å². The molecule has 1 amide bonds. The molecule has 0 saturated heterocycles. The lowest BCUT2D eigenvalue weighted by Crippen LogP contribution is -2.30. The molecule has 166 valence electrons. The van der Waals surface area contributed by atoms with Crippen molar-refractivity contribution in [3.8, 4) is 0 Å². The van der Waals surface area contributed by atoms with Crippen molar-refractivity contribution in [2.24, 2.45) is 19.2 Å². The van der Waals surface area contributed by atoms with Gasteiger partial charge in [0.1, 0.15) is 5.60 Å². The van der Waals surface area contributed by atoms with Gasteiger partial charge in [0.25, 0.3) is 0 Å². The fourth-order valence-electron chi connectivity index (χ4n) is 4.32. The molecule has 0 radical (unpaired) electrons. The summed E-state index contributed by atoms with van der Waals surface area (Å²) in [5.74, 6) is -0.137. The van der Waals surface area contributed by atoms with Gasteiger partial charge in [-0.25, -0.2) is 10.2 Å². The Bertz CT molecular complexity index is 1240. The van der Waals surface area contributed by atoms with Crippen molar-refractivity contribution in [3.63, 3.8) is 0 Å². The standard InChI is InChI=1S/C26H30N4O2/c1-17(27-28-25(31)32-26(2,3)4)24(20-15-29(5)22-13-9-7-11-18(20)22)21-16-30(6)23-14-10-8-12-19(21)23/h7-16,24H,1-6H3,(H,28,31)/b27-17-. The fourth-order valence-corrected chi connectivity index (χ4v) is 4.32. The fraction of sp³-hybridized carbons (Fsp3) is 0.308. The molecule has 0 fully saturated rings. The van der Waals surface area contributed by atoms with Gasteiger partial charge in [0.15, 0.2) is 0 Å². The first-order valence-corrected chi connectivity index (χ1v) is 10.8. The van der Waals surface area contributed by atoms with Gasteiger partial charge in [-0.1, -0.05) is 36.4 Å². The van der Waals surface area contributed by atoms with E-state index in [0.29, 0.717) is 0 Å². The van der Waals surface area contributed by atoms with Crippen LogP contribution < -0.4 is 5.43 Å². The van der Waals surface area contributed by atoms with Crippen molar-refractivity contribution in [1.82, 2.24) is 14.6 Å². The number of hydrogen-bond donors (Lipinski definition) is 1. The Morgan fingerprint density at radius 3 is 1.84 bits per heavy atom. The molecule has 4 rings (SSSR count). The molecule has 0 saturated carbocycles. The van der Waals surface area contributed by atoms with Gasteiger partial charge in [-0.3, -0.25) is 0 Å². The molecule has 4 aromatic rings. The van der Waals surface area contributed by atoms with Gasteiger partial charge >= 0.3 is 6.09 Å². The summed E-state index contributed by atoms with van der Waals surface area (Å²) in [4.78, 5) is 12.2. The van der Waals surface area contributed by atoms with E-state index in [2.05, 4.69) is 82.5 Å². The summed E-state index contributed by atoms with van der Waals surface area (Å²) in [6.45, 7) is 7.44. The molecule has 2 heterocycles. The number of aryl methyl sites for hydroxylation is 2. The second-order valence-corrected chi connectivity index (χ2v) is 9.22. The van der Waals surface area contributed by atoms with Crippen LogP contribution in [-0.2, 0) is 18.8 Å². The number of fused-ring (bicyclic) bond motifs is 2. The molecular weight excluding hydrogens is 400 g/mol. The van der Waals surface area contributed by atoms with Crippen LogP contribution in [0.4, 0.5) is 4.79 Å². The lowest BCUT2D eigenvalue weighted by Gasteiger charge is -2.20. The van der Waals surface area contributed by atoms with Crippen LogP contribution in [0.1, 0.15) is 44.7 Å². The van der Waals surface area contributed by atoms with Crippen molar-refractivity contribution in [2.45, 2.75) is 39.2 Å². The third kappa shape index (κ3) is 4.13. The first kappa shape index (κ1) is 21.7.